The molecule has 0 saturated heterocycles. The monoisotopic (exact) mass is 257 g/mol. The van der Waals surface area contributed by atoms with Crippen LogP contribution in [-0.2, 0) is 6.54 Å². The zero-order chi connectivity index (χ0) is 14.0. The third-order valence-electron chi connectivity index (χ3n) is 2.98. The lowest BCUT2D eigenvalue weighted by atomic mass is 10.1. The third-order valence-corrected chi connectivity index (χ3v) is 2.98. The van der Waals surface area contributed by atoms with Crippen molar-refractivity contribution in [3.63, 3.8) is 0 Å². The maximum atomic E-state index is 11.7. The minimum atomic E-state index is -0.0717. The number of nitrogen functional groups attached to an aromatic ring is 1. The Hall–Kier alpha value is -2.10. The Morgan fingerprint density at radius 1 is 1.26 bits per heavy atom. The fourth-order valence-electron chi connectivity index (χ4n) is 1.88. The fourth-order valence-corrected chi connectivity index (χ4v) is 1.88. The third kappa shape index (κ3) is 3.02. The average molecular weight is 257 g/mol. The first kappa shape index (κ1) is 13.3. The number of aryl methyl sites for hydroxylation is 1. The highest BCUT2D eigenvalue weighted by atomic mass is 16.1. The maximum Gasteiger partial charge on any atom is 0.266 e. The van der Waals surface area contributed by atoms with Gasteiger partial charge in [0.15, 0.2) is 0 Å². The van der Waals surface area contributed by atoms with E-state index in [0.29, 0.717) is 12.5 Å². The highest BCUT2D eigenvalue weighted by Crippen LogP contribution is 2.21. The number of hydrogen-bond donors (Lipinski definition) is 1. The molecule has 1 aromatic heterocycles. The molecule has 4 nitrogen and oxygen atoms in total. The quantitative estimate of drug-likeness (QED) is 0.859. The second-order valence-corrected chi connectivity index (χ2v) is 5.20. The molecule has 1 heterocycles. The number of aromatic nitrogens is 2. The van der Waals surface area contributed by atoms with Gasteiger partial charge in [-0.05, 0) is 30.5 Å². The average Bonchev–Trinajstić information content (AvgIpc) is 2.35. The molecule has 0 spiro atoms. The summed E-state index contributed by atoms with van der Waals surface area (Å²) in [5.74, 6) is 0.378. The molecule has 0 aliphatic heterocycles. The van der Waals surface area contributed by atoms with Crippen molar-refractivity contribution in [2.75, 3.05) is 5.73 Å². The summed E-state index contributed by atoms with van der Waals surface area (Å²) in [7, 11) is 0. The largest absolute Gasteiger partial charge is 0.398 e. The zero-order valence-corrected chi connectivity index (χ0v) is 11.6. The molecule has 0 amide bonds. The van der Waals surface area contributed by atoms with Gasteiger partial charge in [-0.25, -0.2) is 4.68 Å². The maximum absolute atomic E-state index is 11.7. The summed E-state index contributed by atoms with van der Waals surface area (Å²) >= 11 is 0. The fraction of sp³-hybridized carbons (Fsp3) is 0.333. The first-order valence-electron chi connectivity index (χ1n) is 6.42. The molecule has 0 atom stereocenters. The predicted octanol–water partition coefficient (Wildman–Crippen LogP) is 2.46. The topological polar surface area (TPSA) is 60.9 Å². The second-order valence-electron chi connectivity index (χ2n) is 5.20. The van der Waals surface area contributed by atoms with Gasteiger partial charge in [0.25, 0.3) is 5.56 Å². The van der Waals surface area contributed by atoms with E-state index in [2.05, 4.69) is 18.9 Å². The van der Waals surface area contributed by atoms with Crippen molar-refractivity contribution >= 4 is 5.69 Å². The SMILES string of the molecule is Cc1ccc(-c2ccc(=O)n(CC(C)C)n2)cc1N. The van der Waals surface area contributed by atoms with Gasteiger partial charge in [0.2, 0.25) is 0 Å². The lowest BCUT2D eigenvalue weighted by Gasteiger charge is -2.10. The molecule has 19 heavy (non-hydrogen) atoms. The number of nitrogens with two attached hydrogens (primary N) is 1. The summed E-state index contributed by atoms with van der Waals surface area (Å²) < 4.78 is 1.51. The van der Waals surface area contributed by atoms with Crippen LogP contribution in [0.3, 0.4) is 0 Å². The van der Waals surface area contributed by atoms with E-state index >= 15 is 0 Å². The lowest BCUT2D eigenvalue weighted by molar-refractivity contribution is 0.465. The Balaban J connectivity index is 2.45. The van der Waals surface area contributed by atoms with Crippen LogP contribution in [0.4, 0.5) is 5.69 Å². The molecule has 1 aromatic carbocycles. The molecular formula is C15H19N3O. The molecule has 0 unspecified atom stereocenters. The van der Waals surface area contributed by atoms with Gasteiger partial charge in [-0.3, -0.25) is 4.79 Å². The van der Waals surface area contributed by atoms with Crippen LogP contribution >= 0.6 is 0 Å². The number of anilines is 1. The minimum Gasteiger partial charge on any atom is -0.398 e. The van der Waals surface area contributed by atoms with Crippen LogP contribution in [0.15, 0.2) is 35.1 Å². The van der Waals surface area contributed by atoms with Crippen LogP contribution in [0.2, 0.25) is 0 Å². The molecule has 0 aliphatic rings. The van der Waals surface area contributed by atoms with E-state index in [9.17, 15) is 4.79 Å². The van der Waals surface area contributed by atoms with Gasteiger partial charge in [0.05, 0.1) is 5.69 Å². The molecule has 0 fully saturated rings. The highest BCUT2D eigenvalue weighted by Gasteiger charge is 2.06. The van der Waals surface area contributed by atoms with Gasteiger partial charge in [0, 0.05) is 23.9 Å². The van der Waals surface area contributed by atoms with E-state index in [1.165, 1.54) is 4.68 Å². The Morgan fingerprint density at radius 2 is 2.00 bits per heavy atom. The van der Waals surface area contributed by atoms with E-state index in [0.717, 1.165) is 22.5 Å². The molecule has 0 radical (unpaired) electrons. The summed E-state index contributed by atoms with van der Waals surface area (Å²) in [6.45, 7) is 6.70. The van der Waals surface area contributed by atoms with Crippen LogP contribution < -0.4 is 11.3 Å². The number of nitrogens with zero attached hydrogens (tertiary/aromatic N) is 2. The molecule has 100 valence electrons. The highest BCUT2D eigenvalue weighted by molar-refractivity contribution is 5.65. The van der Waals surface area contributed by atoms with Crippen LogP contribution in [0.1, 0.15) is 19.4 Å². The van der Waals surface area contributed by atoms with Crippen molar-refractivity contribution in [3.05, 3.63) is 46.2 Å². The van der Waals surface area contributed by atoms with Gasteiger partial charge in [-0.2, -0.15) is 5.10 Å². The van der Waals surface area contributed by atoms with Gasteiger partial charge >= 0.3 is 0 Å². The number of hydrogen-bond acceptors (Lipinski definition) is 3. The standard InChI is InChI=1S/C15H19N3O/c1-10(2)9-18-15(19)7-6-14(17-18)12-5-4-11(3)13(16)8-12/h4-8,10H,9,16H2,1-3H3. The molecule has 0 saturated carbocycles. The molecule has 0 bridgehead atoms. The van der Waals surface area contributed by atoms with Crippen molar-refractivity contribution in [2.24, 2.45) is 5.92 Å². The van der Waals surface area contributed by atoms with Gasteiger partial charge in [-0.1, -0.05) is 26.0 Å². The summed E-state index contributed by atoms with van der Waals surface area (Å²) in [6.07, 6.45) is 0. The Morgan fingerprint density at radius 3 is 2.63 bits per heavy atom. The predicted molar refractivity (Wildman–Crippen MR) is 77.9 cm³/mol. The summed E-state index contributed by atoms with van der Waals surface area (Å²) in [5, 5.41) is 4.40. The van der Waals surface area contributed by atoms with E-state index in [4.69, 9.17) is 5.73 Å². The van der Waals surface area contributed by atoms with Crippen molar-refractivity contribution in [2.45, 2.75) is 27.3 Å². The van der Waals surface area contributed by atoms with Gasteiger partial charge in [0.1, 0.15) is 0 Å². The molecular weight excluding hydrogens is 238 g/mol. The van der Waals surface area contributed by atoms with Gasteiger partial charge < -0.3 is 5.73 Å². The lowest BCUT2D eigenvalue weighted by Crippen LogP contribution is -2.24. The summed E-state index contributed by atoms with van der Waals surface area (Å²) in [4.78, 5) is 11.7. The summed E-state index contributed by atoms with van der Waals surface area (Å²) in [6, 6.07) is 9.12. The van der Waals surface area contributed by atoms with Crippen LogP contribution in [0.25, 0.3) is 11.3 Å². The first-order chi connectivity index (χ1) is 8.97. The van der Waals surface area contributed by atoms with E-state index in [1.54, 1.807) is 12.1 Å². The van der Waals surface area contributed by atoms with E-state index in [-0.39, 0.29) is 5.56 Å². The van der Waals surface area contributed by atoms with Crippen molar-refractivity contribution in [1.29, 1.82) is 0 Å². The molecule has 2 rings (SSSR count). The van der Waals surface area contributed by atoms with Crippen LogP contribution in [0, 0.1) is 12.8 Å². The molecule has 2 N–H and O–H groups in total. The van der Waals surface area contributed by atoms with E-state index < -0.39 is 0 Å². The van der Waals surface area contributed by atoms with Crippen molar-refractivity contribution in [3.8, 4) is 11.3 Å². The molecule has 4 heteroatoms. The Kier molecular flexibility index (Phi) is 3.69. The van der Waals surface area contributed by atoms with Crippen LogP contribution in [-0.4, -0.2) is 9.78 Å². The van der Waals surface area contributed by atoms with Gasteiger partial charge in [-0.15, -0.1) is 0 Å². The minimum absolute atomic E-state index is 0.0717. The van der Waals surface area contributed by atoms with Crippen molar-refractivity contribution < 1.29 is 0 Å². The Bertz CT molecular complexity index is 644. The number of benzene rings is 1. The summed E-state index contributed by atoms with van der Waals surface area (Å²) in [5.41, 5.74) is 9.32. The normalized spacial score (nSPS) is 10.9. The smallest absolute Gasteiger partial charge is 0.266 e. The second kappa shape index (κ2) is 5.26. The van der Waals surface area contributed by atoms with Crippen molar-refractivity contribution in [1.82, 2.24) is 9.78 Å². The molecule has 2 aromatic rings. The van der Waals surface area contributed by atoms with Crippen LogP contribution in [0.5, 0.6) is 0 Å². The number of rotatable bonds is 3. The Labute approximate surface area is 112 Å². The zero-order valence-electron chi connectivity index (χ0n) is 11.6. The first-order valence-corrected chi connectivity index (χ1v) is 6.42. The van der Waals surface area contributed by atoms with E-state index in [1.807, 2.05) is 25.1 Å². The molecule has 0 aliphatic carbocycles.